The summed E-state index contributed by atoms with van der Waals surface area (Å²) in [5.41, 5.74) is 2.59. The van der Waals surface area contributed by atoms with Gasteiger partial charge in [-0.2, -0.15) is 0 Å². The topological polar surface area (TPSA) is 46.5 Å². The first-order valence-corrected chi connectivity index (χ1v) is 6.07. The highest BCUT2D eigenvalue weighted by Gasteiger charge is 2.19. The molecule has 0 unspecified atom stereocenters. The summed E-state index contributed by atoms with van der Waals surface area (Å²) in [6.07, 6.45) is 0. The molecule has 0 atom stereocenters. The fourth-order valence-corrected chi connectivity index (χ4v) is 1.97. The first-order valence-electron chi connectivity index (χ1n) is 6.07. The number of esters is 1. The van der Waals surface area contributed by atoms with Crippen molar-refractivity contribution < 1.29 is 14.6 Å². The van der Waals surface area contributed by atoms with E-state index in [4.69, 9.17) is 4.74 Å². The second kappa shape index (κ2) is 5.14. The number of carbonyl (C=O) groups excluding carboxylic acids is 1. The Morgan fingerprint density at radius 1 is 1.05 bits per heavy atom. The minimum atomic E-state index is -0.538. The molecule has 2 rings (SSSR count). The van der Waals surface area contributed by atoms with Crippen LogP contribution in [-0.2, 0) is 0 Å². The number of aryl methyl sites for hydroxylation is 2. The summed E-state index contributed by atoms with van der Waals surface area (Å²) in [6, 6.07) is 10.7. The van der Waals surface area contributed by atoms with E-state index in [2.05, 4.69) is 0 Å². The number of hydrogen-bond acceptors (Lipinski definition) is 3. The Hall–Kier alpha value is -2.29. The van der Waals surface area contributed by atoms with Gasteiger partial charge in [-0.3, -0.25) is 0 Å². The summed E-state index contributed by atoms with van der Waals surface area (Å²) in [5, 5.41) is 10.1. The molecule has 98 valence electrons. The van der Waals surface area contributed by atoms with E-state index < -0.39 is 5.97 Å². The van der Waals surface area contributed by atoms with Crippen LogP contribution in [0.3, 0.4) is 0 Å². The average Bonchev–Trinajstić information content (AvgIpc) is 2.37. The van der Waals surface area contributed by atoms with Gasteiger partial charge in [0.15, 0.2) is 0 Å². The maximum absolute atomic E-state index is 12.1. The average molecular weight is 256 g/mol. The highest BCUT2D eigenvalue weighted by molar-refractivity contribution is 5.96. The van der Waals surface area contributed by atoms with Crippen molar-refractivity contribution in [2.45, 2.75) is 20.8 Å². The summed E-state index contributed by atoms with van der Waals surface area (Å²) in [4.78, 5) is 12.1. The van der Waals surface area contributed by atoms with Gasteiger partial charge in [0, 0.05) is 0 Å². The van der Waals surface area contributed by atoms with Gasteiger partial charge in [-0.1, -0.05) is 24.3 Å². The highest BCUT2D eigenvalue weighted by Crippen LogP contribution is 2.29. The molecule has 0 aliphatic carbocycles. The van der Waals surface area contributed by atoms with E-state index in [1.54, 1.807) is 38.1 Å². The molecule has 1 N–H and O–H groups in total. The van der Waals surface area contributed by atoms with Crippen molar-refractivity contribution >= 4 is 5.97 Å². The van der Waals surface area contributed by atoms with Crippen LogP contribution in [0.15, 0.2) is 36.4 Å². The van der Waals surface area contributed by atoms with Crippen molar-refractivity contribution in [2.75, 3.05) is 0 Å². The van der Waals surface area contributed by atoms with E-state index in [1.165, 1.54) is 0 Å². The Bertz CT molecular complexity index is 616. The molecule has 3 nitrogen and oxygen atoms in total. The van der Waals surface area contributed by atoms with Crippen LogP contribution < -0.4 is 4.74 Å². The number of benzene rings is 2. The van der Waals surface area contributed by atoms with Crippen molar-refractivity contribution in [2.24, 2.45) is 0 Å². The van der Waals surface area contributed by atoms with Gasteiger partial charge < -0.3 is 9.84 Å². The number of para-hydroxylation sites is 1. The lowest BCUT2D eigenvalue weighted by Gasteiger charge is -2.12. The second-order valence-electron chi connectivity index (χ2n) is 4.56. The molecule has 0 fully saturated rings. The normalized spacial score (nSPS) is 10.3. The molecule has 2 aromatic carbocycles. The van der Waals surface area contributed by atoms with Crippen LogP contribution >= 0.6 is 0 Å². The largest absolute Gasteiger partial charge is 0.507 e. The number of rotatable bonds is 2. The molecule has 0 heterocycles. The predicted octanol–water partition coefficient (Wildman–Crippen LogP) is 3.54. The van der Waals surface area contributed by atoms with Crippen molar-refractivity contribution in [1.82, 2.24) is 0 Å². The fraction of sp³-hybridized carbons (Fsp3) is 0.188. The molecule has 0 amide bonds. The molecular formula is C16H16O3. The first kappa shape index (κ1) is 13.1. The summed E-state index contributed by atoms with van der Waals surface area (Å²) in [5.74, 6) is -0.0766. The van der Waals surface area contributed by atoms with E-state index in [-0.39, 0.29) is 11.3 Å². The van der Waals surface area contributed by atoms with Crippen LogP contribution in [-0.4, -0.2) is 11.1 Å². The maximum atomic E-state index is 12.1. The Morgan fingerprint density at radius 3 is 2.32 bits per heavy atom. The van der Waals surface area contributed by atoms with Crippen molar-refractivity contribution in [1.29, 1.82) is 0 Å². The van der Waals surface area contributed by atoms with Gasteiger partial charge in [0.2, 0.25) is 0 Å². The van der Waals surface area contributed by atoms with E-state index in [9.17, 15) is 9.90 Å². The van der Waals surface area contributed by atoms with Crippen molar-refractivity contribution in [3.8, 4) is 11.5 Å². The Balaban J connectivity index is 2.37. The number of ether oxygens (including phenoxy) is 1. The zero-order valence-corrected chi connectivity index (χ0v) is 11.2. The minimum absolute atomic E-state index is 0.00145. The molecule has 0 bridgehead atoms. The van der Waals surface area contributed by atoms with Gasteiger partial charge in [-0.05, 0) is 49.6 Å². The van der Waals surface area contributed by atoms with Gasteiger partial charge in [0.25, 0.3) is 0 Å². The number of phenols is 1. The number of phenolic OH excluding ortho intramolecular Hbond substituents is 1. The standard InChI is InChI=1S/C16H16O3/c1-10-9-11(2)14(15(17)12(10)3)16(18)19-13-7-5-4-6-8-13/h4-9,17H,1-3H3. The zero-order chi connectivity index (χ0) is 14.0. The molecule has 0 saturated heterocycles. The highest BCUT2D eigenvalue weighted by atomic mass is 16.5. The Morgan fingerprint density at radius 2 is 1.68 bits per heavy atom. The SMILES string of the molecule is Cc1cc(C)c(C(=O)Oc2ccccc2)c(O)c1C. The van der Waals surface area contributed by atoms with Crippen LogP contribution in [0.25, 0.3) is 0 Å². The summed E-state index contributed by atoms with van der Waals surface area (Å²) >= 11 is 0. The number of carbonyl (C=O) groups is 1. The van der Waals surface area contributed by atoms with Crippen LogP contribution in [0.4, 0.5) is 0 Å². The summed E-state index contributed by atoms with van der Waals surface area (Å²) < 4.78 is 5.26. The van der Waals surface area contributed by atoms with E-state index in [0.29, 0.717) is 16.9 Å². The van der Waals surface area contributed by atoms with Crippen molar-refractivity contribution in [3.63, 3.8) is 0 Å². The number of hydrogen-bond donors (Lipinski definition) is 1. The Kier molecular flexibility index (Phi) is 3.56. The fourth-order valence-electron chi connectivity index (χ4n) is 1.97. The molecule has 0 spiro atoms. The number of aromatic hydroxyl groups is 1. The third kappa shape index (κ3) is 2.60. The van der Waals surface area contributed by atoms with Gasteiger partial charge in [0.05, 0.1) is 0 Å². The lowest BCUT2D eigenvalue weighted by atomic mass is 9.99. The quantitative estimate of drug-likeness (QED) is 0.660. The molecular weight excluding hydrogens is 240 g/mol. The van der Waals surface area contributed by atoms with Gasteiger partial charge in [0.1, 0.15) is 17.1 Å². The maximum Gasteiger partial charge on any atom is 0.347 e. The molecule has 19 heavy (non-hydrogen) atoms. The third-order valence-electron chi connectivity index (χ3n) is 3.17. The van der Waals surface area contributed by atoms with Gasteiger partial charge >= 0.3 is 5.97 Å². The molecule has 2 aromatic rings. The van der Waals surface area contributed by atoms with E-state index >= 15 is 0 Å². The van der Waals surface area contributed by atoms with Gasteiger partial charge in [-0.25, -0.2) is 4.79 Å². The molecule has 0 saturated carbocycles. The lowest BCUT2D eigenvalue weighted by molar-refractivity contribution is 0.0730. The van der Waals surface area contributed by atoms with Gasteiger partial charge in [-0.15, -0.1) is 0 Å². The second-order valence-corrected chi connectivity index (χ2v) is 4.56. The molecule has 0 radical (unpaired) electrons. The molecule has 0 aliphatic heterocycles. The van der Waals surface area contributed by atoms with Crippen LogP contribution in [0.2, 0.25) is 0 Å². The Labute approximate surface area is 112 Å². The van der Waals surface area contributed by atoms with Crippen LogP contribution in [0, 0.1) is 20.8 Å². The summed E-state index contributed by atoms with van der Waals surface area (Å²) in [7, 11) is 0. The third-order valence-corrected chi connectivity index (χ3v) is 3.17. The van der Waals surface area contributed by atoms with Crippen LogP contribution in [0.1, 0.15) is 27.0 Å². The zero-order valence-electron chi connectivity index (χ0n) is 11.2. The monoisotopic (exact) mass is 256 g/mol. The lowest BCUT2D eigenvalue weighted by Crippen LogP contribution is -2.11. The first-order chi connectivity index (χ1) is 9.00. The predicted molar refractivity (Wildman–Crippen MR) is 73.7 cm³/mol. The molecule has 0 aromatic heterocycles. The summed E-state index contributed by atoms with van der Waals surface area (Å²) in [6.45, 7) is 5.46. The molecule has 0 aliphatic rings. The van der Waals surface area contributed by atoms with Crippen LogP contribution in [0.5, 0.6) is 11.5 Å². The van der Waals surface area contributed by atoms with E-state index in [1.807, 2.05) is 19.1 Å². The minimum Gasteiger partial charge on any atom is -0.507 e. The van der Waals surface area contributed by atoms with E-state index in [0.717, 1.165) is 5.56 Å². The van der Waals surface area contributed by atoms with Crippen molar-refractivity contribution in [3.05, 3.63) is 58.7 Å². The smallest absolute Gasteiger partial charge is 0.347 e. The molecule has 3 heteroatoms.